The molecular formula is C25H23F3N6O3S. The van der Waals surface area contributed by atoms with Crippen molar-refractivity contribution in [1.29, 1.82) is 0 Å². The summed E-state index contributed by atoms with van der Waals surface area (Å²) in [5, 5.41) is 0. The van der Waals surface area contributed by atoms with Gasteiger partial charge in [-0.25, -0.2) is 31.3 Å². The summed E-state index contributed by atoms with van der Waals surface area (Å²) in [6.07, 6.45) is -1.78. The third kappa shape index (κ3) is 6.81. The van der Waals surface area contributed by atoms with Crippen LogP contribution in [0.1, 0.15) is 29.2 Å². The fourth-order valence-electron chi connectivity index (χ4n) is 3.64. The molecule has 1 aromatic carbocycles. The van der Waals surface area contributed by atoms with E-state index in [1.54, 1.807) is 31.2 Å². The maximum atomic E-state index is 13.6. The van der Waals surface area contributed by atoms with Crippen LogP contribution in [0.15, 0.2) is 54.6 Å². The van der Waals surface area contributed by atoms with Crippen LogP contribution >= 0.6 is 0 Å². The number of ether oxygens (including phenoxy) is 1. The third-order valence-corrected chi connectivity index (χ3v) is 5.90. The summed E-state index contributed by atoms with van der Waals surface area (Å²) >= 11 is 0. The Morgan fingerprint density at radius 1 is 0.974 bits per heavy atom. The number of hydrogen-bond acceptors (Lipinski definition) is 8. The van der Waals surface area contributed by atoms with Gasteiger partial charge in [0.1, 0.15) is 18.1 Å². The highest BCUT2D eigenvalue weighted by atomic mass is 32.2. The topological polar surface area (TPSA) is 133 Å². The predicted octanol–water partition coefficient (Wildman–Crippen LogP) is 4.20. The largest absolute Gasteiger partial charge is 0.471 e. The molecule has 198 valence electrons. The number of nitrogens with two attached hydrogens (primary N) is 1. The van der Waals surface area contributed by atoms with E-state index in [4.69, 9.17) is 10.5 Å². The highest BCUT2D eigenvalue weighted by molar-refractivity contribution is 7.88. The van der Waals surface area contributed by atoms with E-state index >= 15 is 0 Å². The fraction of sp³-hybridized carbons (Fsp3) is 0.200. The molecular weight excluding hydrogens is 521 g/mol. The number of aryl methyl sites for hydroxylation is 1. The standard InChI is InChI=1S/C25H23F3N6O3S/c1-14-10-16(11-20(31-14)23(27)28)21-22(15-6-8-17(26)9-7-15)33-25(29)34-24(21)37-13-19-5-3-4-18(32-19)12-30-38(2,35)36/h3-11,23,30H,12-13H2,1-2H3,(H2,29,33,34). The summed E-state index contributed by atoms with van der Waals surface area (Å²) in [4.78, 5) is 16.8. The van der Waals surface area contributed by atoms with E-state index in [2.05, 4.69) is 24.7 Å². The number of halogens is 3. The summed E-state index contributed by atoms with van der Waals surface area (Å²) < 4.78 is 71.9. The minimum Gasteiger partial charge on any atom is -0.471 e. The molecule has 13 heteroatoms. The number of aromatic nitrogens is 4. The first-order chi connectivity index (χ1) is 18.0. The molecule has 4 aromatic rings. The quantitative estimate of drug-likeness (QED) is 0.320. The highest BCUT2D eigenvalue weighted by Crippen LogP contribution is 2.39. The molecule has 0 unspecified atom stereocenters. The minimum absolute atomic E-state index is 0.0101. The monoisotopic (exact) mass is 544 g/mol. The second-order valence-corrected chi connectivity index (χ2v) is 10.2. The first kappa shape index (κ1) is 26.9. The average Bonchev–Trinajstić information content (AvgIpc) is 2.86. The smallest absolute Gasteiger partial charge is 0.280 e. The zero-order valence-electron chi connectivity index (χ0n) is 20.3. The number of sulfonamides is 1. The van der Waals surface area contributed by atoms with Crippen molar-refractivity contribution in [3.8, 4) is 28.3 Å². The Labute approximate surface area is 217 Å². The second kappa shape index (κ2) is 11.1. The Balaban J connectivity index is 1.78. The number of rotatable bonds is 9. The van der Waals surface area contributed by atoms with Crippen LogP contribution in [-0.4, -0.2) is 34.6 Å². The summed E-state index contributed by atoms with van der Waals surface area (Å²) in [6.45, 7) is 1.45. The van der Waals surface area contributed by atoms with Crippen molar-refractivity contribution in [2.24, 2.45) is 0 Å². The predicted molar refractivity (Wildman–Crippen MR) is 135 cm³/mol. The summed E-state index contributed by atoms with van der Waals surface area (Å²) in [5.41, 5.74) is 8.03. The molecule has 0 aliphatic carbocycles. The first-order valence-corrected chi connectivity index (χ1v) is 13.1. The van der Waals surface area contributed by atoms with Crippen molar-refractivity contribution in [3.05, 3.63) is 83.2 Å². The van der Waals surface area contributed by atoms with Gasteiger partial charge in [0.05, 0.1) is 35.4 Å². The molecule has 0 atom stereocenters. The van der Waals surface area contributed by atoms with Crippen molar-refractivity contribution < 1.29 is 26.3 Å². The molecule has 3 heterocycles. The zero-order chi connectivity index (χ0) is 27.4. The van der Waals surface area contributed by atoms with Crippen LogP contribution in [0.4, 0.5) is 19.1 Å². The van der Waals surface area contributed by atoms with Gasteiger partial charge in [-0.1, -0.05) is 6.07 Å². The second-order valence-electron chi connectivity index (χ2n) is 8.34. The lowest BCUT2D eigenvalue weighted by Crippen LogP contribution is -2.22. The molecule has 0 amide bonds. The number of pyridine rings is 2. The lowest BCUT2D eigenvalue weighted by molar-refractivity contribution is 0.146. The van der Waals surface area contributed by atoms with Gasteiger partial charge < -0.3 is 10.5 Å². The average molecular weight is 545 g/mol. The Morgan fingerprint density at radius 3 is 2.37 bits per heavy atom. The Kier molecular flexibility index (Phi) is 7.88. The van der Waals surface area contributed by atoms with Crippen LogP contribution in [0.5, 0.6) is 5.88 Å². The van der Waals surface area contributed by atoms with E-state index < -0.39 is 28.0 Å². The molecule has 0 saturated heterocycles. The molecule has 3 N–H and O–H groups in total. The number of nitrogen functional groups attached to an aromatic ring is 1. The summed E-state index contributed by atoms with van der Waals surface area (Å²) in [7, 11) is -3.41. The molecule has 0 aliphatic heterocycles. The molecule has 38 heavy (non-hydrogen) atoms. The van der Waals surface area contributed by atoms with Gasteiger partial charge in [-0.15, -0.1) is 0 Å². The molecule has 0 aliphatic rings. The highest BCUT2D eigenvalue weighted by Gasteiger charge is 2.22. The van der Waals surface area contributed by atoms with Crippen LogP contribution in [0.2, 0.25) is 0 Å². The van der Waals surface area contributed by atoms with Gasteiger partial charge in [0.25, 0.3) is 6.43 Å². The SMILES string of the molecule is Cc1cc(-c2c(OCc3cccc(CNS(C)(=O)=O)n3)nc(N)nc2-c2ccc(F)cc2)cc(C(F)F)n1. The lowest BCUT2D eigenvalue weighted by Gasteiger charge is -2.16. The van der Waals surface area contributed by atoms with Crippen molar-refractivity contribution >= 4 is 16.0 Å². The fourth-order valence-corrected chi connectivity index (χ4v) is 4.05. The number of nitrogens with zero attached hydrogens (tertiary/aromatic N) is 4. The van der Waals surface area contributed by atoms with E-state index in [0.29, 0.717) is 28.2 Å². The first-order valence-electron chi connectivity index (χ1n) is 11.2. The molecule has 0 radical (unpaired) electrons. The Hall–Kier alpha value is -4.10. The molecule has 0 fully saturated rings. The molecule has 3 aromatic heterocycles. The third-order valence-electron chi connectivity index (χ3n) is 5.23. The zero-order valence-corrected chi connectivity index (χ0v) is 21.1. The van der Waals surface area contributed by atoms with Gasteiger partial charge >= 0.3 is 0 Å². The van der Waals surface area contributed by atoms with Gasteiger partial charge in [0, 0.05) is 11.3 Å². The van der Waals surface area contributed by atoms with E-state index in [1.807, 2.05) is 0 Å². The van der Waals surface area contributed by atoms with Gasteiger partial charge in [0.15, 0.2) is 0 Å². The van der Waals surface area contributed by atoms with E-state index in [9.17, 15) is 21.6 Å². The van der Waals surface area contributed by atoms with Crippen LogP contribution in [0.3, 0.4) is 0 Å². The van der Waals surface area contributed by atoms with Gasteiger partial charge in [-0.3, -0.25) is 9.97 Å². The van der Waals surface area contributed by atoms with Crippen LogP contribution in [0, 0.1) is 12.7 Å². The van der Waals surface area contributed by atoms with Crippen molar-refractivity contribution in [3.63, 3.8) is 0 Å². The molecule has 9 nitrogen and oxygen atoms in total. The lowest BCUT2D eigenvalue weighted by atomic mass is 9.99. The Morgan fingerprint density at radius 2 is 1.68 bits per heavy atom. The van der Waals surface area contributed by atoms with Crippen molar-refractivity contribution in [2.45, 2.75) is 26.5 Å². The van der Waals surface area contributed by atoms with E-state index in [-0.39, 0.29) is 36.2 Å². The van der Waals surface area contributed by atoms with E-state index in [0.717, 1.165) is 6.26 Å². The number of hydrogen-bond donors (Lipinski definition) is 2. The molecule has 4 rings (SSSR count). The van der Waals surface area contributed by atoms with Crippen LogP contribution < -0.4 is 15.2 Å². The van der Waals surface area contributed by atoms with E-state index in [1.165, 1.54) is 30.3 Å². The maximum Gasteiger partial charge on any atom is 0.280 e. The summed E-state index contributed by atoms with van der Waals surface area (Å²) in [6, 6.07) is 13.2. The Bertz CT molecular complexity index is 1570. The normalized spacial score (nSPS) is 11.6. The van der Waals surface area contributed by atoms with Crippen LogP contribution in [0.25, 0.3) is 22.4 Å². The molecule has 0 saturated carbocycles. The number of anilines is 1. The minimum atomic E-state index is -3.41. The number of alkyl halides is 2. The molecule has 0 bridgehead atoms. The summed E-state index contributed by atoms with van der Waals surface area (Å²) in [5.74, 6) is -0.629. The maximum absolute atomic E-state index is 13.6. The van der Waals surface area contributed by atoms with Gasteiger partial charge in [-0.2, -0.15) is 4.98 Å². The van der Waals surface area contributed by atoms with Gasteiger partial charge in [-0.05, 0) is 61.0 Å². The van der Waals surface area contributed by atoms with Crippen molar-refractivity contribution in [1.82, 2.24) is 24.7 Å². The molecule has 0 spiro atoms. The van der Waals surface area contributed by atoms with Crippen LogP contribution in [-0.2, 0) is 23.2 Å². The number of nitrogens with one attached hydrogen (secondary N) is 1. The van der Waals surface area contributed by atoms with Gasteiger partial charge in [0.2, 0.25) is 21.9 Å². The number of benzene rings is 1. The van der Waals surface area contributed by atoms with Crippen molar-refractivity contribution in [2.75, 3.05) is 12.0 Å².